The standard InChI is InChI=1S/C38H52N2O2/c1-2-3-4-5-6-7-8-9-10-11-12-13-14-15-16-19-29-40-37-24-18-17-22-34(37)26-27-35-30-33(25-28-38(35)40)21-20-23-36(31-39)42-32-41/h17-18,20-25,28,30,32H,2-16,19,26-27,29H2,1H3. The van der Waals surface area contributed by atoms with Crippen molar-refractivity contribution in [1.29, 1.82) is 5.26 Å². The van der Waals surface area contributed by atoms with Gasteiger partial charge < -0.3 is 9.64 Å². The van der Waals surface area contributed by atoms with Gasteiger partial charge in [-0.25, -0.2) is 0 Å². The molecular weight excluding hydrogens is 516 g/mol. The molecule has 1 aliphatic heterocycles. The summed E-state index contributed by atoms with van der Waals surface area (Å²) in [5, 5.41) is 9.03. The first-order chi connectivity index (χ1) is 20.8. The zero-order valence-corrected chi connectivity index (χ0v) is 26.0. The number of hydrogen-bond acceptors (Lipinski definition) is 4. The maximum atomic E-state index is 10.5. The summed E-state index contributed by atoms with van der Waals surface area (Å²) in [7, 11) is 0. The summed E-state index contributed by atoms with van der Waals surface area (Å²) in [5.41, 5.74) is 6.47. The van der Waals surface area contributed by atoms with Crippen LogP contribution in [0.2, 0.25) is 0 Å². The molecule has 0 fully saturated rings. The van der Waals surface area contributed by atoms with Crippen LogP contribution in [0.25, 0.3) is 6.08 Å². The minimum absolute atomic E-state index is 0.0172. The van der Waals surface area contributed by atoms with Gasteiger partial charge in [0.15, 0.2) is 0 Å². The number of fused-ring (bicyclic) bond motifs is 2. The molecule has 0 spiro atoms. The average Bonchev–Trinajstić information content (AvgIpc) is 3.17. The highest BCUT2D eigenvalue weighted by molar-refractivity contribution is 5.73. The van der Waals surface area contributed by atoms with Crippen LogP contribution < -0.4 is 4.90 Å². The van der Waals surface area contributed by atoms with Crippen LogP contribution in [0.1, 0.15) is 126 Å². The number of para-hydroxylation sites is 1. The molecule has 3 rings (SSSR count). The van der Waals surface area contributed by atoms with Crippen LogP contribution in [0, 0.1) is 11.3 Å². The Kier molecular flexibility index (Phi) is 16.2. The zero-order valence-electron chi connectivity index (χ0n) is 26.0. The highest BCUT2D eigenvalue weighted by Gasteiger charge is 2.20. The topological polar surface area (TPSA) is 53.3 Å². The summed E-state index contributed by atoms with van der Waals surface area (Å²) in [5.74, 6) is -0.0172. The average molecular weight is 569 g/mol. The number of nitriles is 1. The number of anilines is 2. The molecule has 1 aliphatic rings. The summed E-state index contributed by atoms with van der Waals surface area (Å²) in [6.45, 7) is 3.60. The van der Waals surface area contributed by atoms with Gasteiger partial charge in [-0.2, -0.15) is 5.26 Å². The van der Waals surface area contributed by atoms with Crippen LogP contribution in [-0.4, -0.2) is 13.0 Å². The molecule has 0 radical (unpaired) electrons. The van der Waals surface area contributed by atoms with Crippen molar-refractivity contribution in [3.63, 3.8) is 0 Å². The molecule has 0 N–H and O–H groups in total. The number of ether oxygens (including phenoxy) is 1. The van der Waals surface area contributed by atoms with Gasteiger partial charge in [-0.1, -0.05) is 140 Å². The van der Waals surface area contributed by atoms with Crippen molar-refractivity contribution < 1.29 is 9.53 Å². The third-order valence-electron chi connectivity index (χ3n) is 8.40. The van der Waals surface area contributed by atoms with Gasteiger partial charge in [0.05, 0.1) is 0 Å². The van der Waals surface area contributed by atoms with Crippen LogP contribution in [0.5, 0.6) is 0 Å². The van der Waals surface area contributed by atoms with Crippen LogP contribution in [-0.2, 0) is 22.4 Å². The quantitative estimate of drug-likeness (QED) is 0.0494. The Bertz CT molecular complexity index is 1160. The van der Waals surface area contributed by atoms with Crippen LogP contribution >= 0.6 is 0 Å². The molecule has 2 aromatic rings. The molecule has 2 aromatic carbocycles. The molecule has 0 aliphatic carbocycles. The highest BCUT2D eigenvalue weighted by atomic mass is 16.5. The van der Waals surface area contributed by atoms with Gasteiger partial charge in [0.1, 0.15) is 6.07 Å². The number of allylic oxidation sites excluding steroid dienone is 3. The van der Waals surface area contributed by atoms with E-state index in [9.17, 15) is 4.79 Å². The first-order valence-corrected chi connectivity index (χ1v) is 16.6. The molecule has 0 atom stereocenters. The molecule has 4 nitrogen and oxygen atoms in total. The first-order valence-electron chi connectivity index (χ1n) is 16.6. The first kappa shape index (κ1) is 33.2. The molecule has 0 saturated heterocycles. The Morgan fingerprint density at radius 3 is 1.98 bits per heavy atom. The fraction of sp³-hybridized carbons (Fsp3) is 0.526. The van der Waals surface area contributed by atoms with Crippen molar-refractivity contribution in [3.8, 4) is 6.07 Å². The smallest absolute Gasteiger partial charge is 0.299 e. The number of benzene rings is 2. The summed E-state index contributed by atoms with van der Waals surface area (Å²) in [6.07, 6.45) is 29.4. The number of rotatable bonds is 21. The van der Waals surface area contributed by atoms with Crippen molar-refractivity contribution in [1.82, 2.24) is 0 Å². The zero-order chi connectivity index (χ0) is 29.7. The highest BCUT2D eigenvalue weighted by Crippen LogP contribution is 2.37. The van der Waals surface area contributed by atoms with E-state index in [1.807, 2.05) is 12.1 Å². The molecule has 0 aromatic heterocycles. The minimum atomic E-state index is -0.0172. The van der Waals surface area contributed by atoms with Gasteiger partial charge in [0, 0.05) is 17.9 Å². The van der Waals surface area contributed by atoms with E-state index in [2.05, 4.69) is 59.0 Å². The van der Waals surface area contributed by atoms with Gasteiger partial charge in [-0.15, -0.1) is 0 Å². The molecule has 0 unspecified atom stereocenters. The summed E-state index contributed by atoms with van der Waals surface area (Å²) >= 11 is 0. The maximum Gasteiger partial charge on any atom is 0.299 e. The second-order valence-electron chi connectivity index (χ2n) is 11.7. The van der Waals surface area contributed by atoms with E-state index in [0.717, 1.165) is 24.9 Å². The monoisotopic (exact) mass is 568 g/mol. The number of aryl methyl sites for hydroxylation is 2. The Hall–Kier alpha value is -3.32. The van der Waals surface area contributed by atoms with Crippen molar-refractivity contribution >= 4 is 23.9 Å². The van der Waals surface area contributed by atoms with Gasteiger partial charge in [0.25, 0.3) is 6.47 Å². The fourth-order valence-electron chi connectivity index (χ4n) is 6.02. The Morgan fingerprint density at radius 1 is 0.786 bits per heavy atom. The molecule has 42 heavy (non-hydrogen) atoms. The molecular formula is C38H52N2O2. The van der Waals surface area contributed by atoms with Gasteiger partial charge in [-0.05, 0) is 60.2 Å². The molecule has 0 bridgehead atoms. The maximum absolute atomic E-state index is 10.5. The van der Waals surface area contributed by atoms with E-state index >= 15 is 0 Å². The van der Waals surface area contributed by atoms with Crippen LogP contribution in [0.3, 0.4) is 0 Å². The van der Waals surface area contributed by atoms with Gasteiger partial charge >= 0.3 is 0 Å². The number of carbonyl (C=O) groups excluding carboxylic acids is 1. The Morgan fingerprint density at radius 2 is 1.36 bits per heavy atom. The third kappa shape index (κ3) is 11.9. The number of hydrogen-bond donors (Lipinski definition) is 0. The van der Waals surface area contributed by atoms with E-state index in [1.54, 1.807) is 6.08 Å². The third-order valence-corrected chi connectivity index (χ3v) is 8.40. The molecule has 226 valence electrons. The summed E-state index contributed by atoms with van der Waals surface area (Å²) in [6, 6.07) is 17.3. The molecule has 0 amide bonds. The number of nitrogens with zero attached hydrogens (tertiary/aromatic N) is 2. The predicted octanol–water partition coefficient (Wildman–Crippen LogP) is 10.8. The van der Waals surface area contributed by atoms with Crippen LogP contribution in [0.4, 0.5) is 11.4 Å². The normalized spacial score (nSPS) is 13.0. The van der Waals surface area contributed by atoms with Gasteiger partial charge in [-0.3, -0.25) is 4.79 Å². The SMILES string of the molecule is CCCCCCCCCCCCCCCCCCN1c2ccccc2CCc2cc(C=CC=C(C#N)OC=O)ccc21. The lowest BCUT2D eigenvalue weighted by Crippen LogP contribution is -2.19. The van der Waals surface area contributed by atoms with Crippen molar-refractivity contribution in [2.24, 2.45) is 0 Å². The predicted molar refractivity (Wildman–Crippen MR) is 177 cm³/mol. The largest absolute Gasteiger partial charge is 0.417 e. The van der Waals surface area contributed by atoms with Crippen molar-refractivity contribution in [2.45, 2.75) is 122 Å². The second-order valence-corrected chi connectivity index (χ2v) is 11.7. The number of carbonyl (C=O) groups is 1. The summed E-state index contributed by atoms with van der Waals surface area (Å²) < 4.78 is 4.65. The fourth-order valence-corrected chi connectivity index (χ4v) is 6.02. The van der Waals surface area contributed by atoms with Gasteiger partial charge in [0.2, 0.25) is 5.76 Å². The van der Waals surface area contributed by atoms with E-state index in [-0.39, 0.29) is 12.2 Å². The Labute approximate surface area is 255 Å². The van der Waals surface area contributed by atoms with E-state index < -0.39 is 0 Å². The second kappa shape index (κ2) is 20.5. The lowest BCUT2D eigenvalue weighted by atomic mass is 10.0. The van der Waals surface area contributed by atoms with E-state index in [4.69, 9.17) is 5.26 Å². The summed E-state index contributed by atoms with van der Waals surface area (Å²) in [4.78, 5) is 13.0. The van der Waals surface area contributed by atoms with Crippen LogP contribution in [0.15, 0.2) is 60.4 Å². The molecule has 4 heteroatoms. The molecule has 0 saturated carbocycles. The van der Waals surface area contributed by atoms with Crippen molar-refractivity contribution in [3.05, 3.63) is 77.1 Å². The van der Waals surface area contributed by atoms with Crippen molar-refractivity contribution in [2.75, 3.05) is 11.4 Å². The lowest BCUT2D eigenvalue weighted by molar-refractivity contribution is -0.124. The Balaban J connectivity index is 1.42. The van der Waals surface area contributed by atoms with E-state index in [0.29, 0.717) is 0 Å². The van der Waals surface area contributed by atoms with E-state index in [1.165, 1.54) is 131 Å². The number of unbranched alkanes of at least 4 members (excludes halogenated alkanes) is 15. The minimum Gasteiger partial charge on any atom is -0.417 e. The molecule has 1 heterocycles. The lowest BCUT2D eigenvalue weighted by Gasteiger charge is -2.27.